The molecule has 8 nitrogen and oxygen atoms in total. The largest absolute Gasteiger partial charge is 0.497 e. The minimum absolute atomic E-state index is 0.262. The van der Waals surface area contributed by atoms with Crippen molar-refractivity contribution in [3.05, 3.63) is 41.7 Å². The van der Waals surface area contributed by atoms with E-state index in [-0.39, 0.29) is 6.10 Å². The first-order valence-corrected chi connectivity index (χ1v) is 10.9. The van der Waals surface area contributed by atoms with Gasteiger partial charge in [0.15, 0.2) is 0 Å². The van der Waals surface area contributed by atoms with Crippen LogP contribution in [0.5, 0.6) is 11.5 Å². The molecule has 1 aromatic carbocycles. The predicted octanol–water partition coefficient (Wildman–Crippen LogP) is 2.51. The lowest BCUT2D eigenvalue weighted by Gasteiger charge is -2.27. The van der Waals surface area contributed by atoms with Crippen LogP contribution < -0.4 is 14.4 Å². The van der Waals surface area contributed by atoms with E-state index in [9.17, 15) is 0 Å². The molecular weight excluding hydrogens is 396 g/mol. The fourth-order valence-electron chi connectivity index (χ4n) is 4.10. The van der Waals surface area contributed by atoms with Crippen LogP contribution in [0.3, 0.4) is 0 Å². The second-order valence-corrected chi connectivity index (χ2v) is 7.97. The fraction of sp³-hybridized carbons (Fsp3) is 0.565. The van der Waals surface area contributed by atoms with Crippen molar-refractivity contribution >= 4 is 5.95 Å². The van der Waals surface area contributed by atoms with Crippen LogP contribution in [0, 0.1) is 0 Å². The van der Waals surface area contributed by atoms with Crippen LogP contribution in [-0.4, -0.2) is 74.6 Å². The van der Waals surface area contributed by atoms with E-state index in [2.05, 4.69) is 25.8 Å². The molecule has 1 atom stereocenters. The molecule has 2 fully saturated rings. The SMILES string of the molecule is COc1ccc(CN(Cc2cnc(N3CCOCC3)nc2)CC2CCCO2)c(OC)c1. The third-order valence-corrected chi connectivity index (χ3v) is 5.77. The van der Waals surface area contributed by atoms with E-state index in [1.165, 1.54) is 0 Å². The van der Waals surface area contributed by atoms with Gasteiger partial charge in [0.25, 0.3) is 0 Å². The smallest absolute Gasteiger partial charge is 0.225 e. The summed E-state index contributed by atoms with van der Waals surface area (Å²) in [5, 5.41) is 0. The topological polar surface area (TPSA) is 69.2 Å². The number of aromatic nitrogens is 2. The zero-order valence-electron chi connectivity index (χ0n) is 18.5. The first-order valence-electron chi connectivity index (χ1n) is 10.9. The molecule has 2 aliphatic rings. The second kappa shape index (κ2) is 10.7. The number of morpholine rings is 1. The number of benzene rings is 1. The molecule has 31 heavy (non-hydrogen) atoms. The van der Waals surface area contributed by atoms with E-state index in [1.54, 1.807) is 14.2 Å². The number of ether oxygens (including phenoxy) is 4. The molecule has 1 unspecified atom stereocenters. The van der Waals surface area contributed by atoms with Gasteiger partial charge in [0.05, 0.1) is 33.5 Å². The highest BCUT2D eigenvalue weighted by Crippen LogP contribution is 2.27. The van der Waals surface area contributed by atoms with E-state index in [0.29, 0.717) is 0 Å². The minimum atomic E-state index is 0.262. The van der Waals surface area contributed by atoms with Crippen molar-refractivity contribution in [1.29, 1.82) is 0 Å². The fourth-order valence-corrected chi connectivity index (χ4v) is 4.10. The van der Waals surface area contributed by atoms with Gasteiger partial charge >= 0.3 is 0 Å². The van der Waals surface area contributed by atoms with Crippen LogP contribution in [0.25, 0.3) is 0 Å². The zero-order chi connectivity index (χ0) is 21.5. The molecule has 168 valence electrons. The molecule has 2 aromatic rings. The molecule has 8 heteroatoms. The Bertz CT molecular complexity index is 821. The summed E-state index contributed by atoms with van der Waals surface area (Å²) in [7, 11) is 3.36. The van der Waals surface area contributed by atoms with Crippen LogP contribution in [0.15, 0.2) is 30.6 Å². The molecule has 1 aromatic heterocycles. The van der Waals surface area contributed by atoms with Crippen molar-refractivity contribution in [2.45, 2.75) is 32.0 Å². The monoisotopic (exact) mass is 428 g/mol. The molecule has 0 bridgehead atoms. The highest BCUT2D eigenvalue weighted by Gasteiger charge is 2.21. The summed E-state index contributed by atoms with van der Waals surface area (Å²) in [6, 6.07) is 5.97. The predicted molar refractivity (Wildman–Crippen MR) is 118 cm³/mol. The van der Waals surface area contributed by atoms with Gasteiger partial charge in [-0.2, -0.15) is 0 Å². The maximum absolute atomic E-state index is 5.91. The van der Waals surface area contributed by atoms with E-state index in [0.717, 1.165) is 94.0 Å². The molecule has 0 aliphatic carbocycles. The Morgan fingerprint density at radius 2 is 1.87 bits per heavy atom. The number of nitrogens with zero attached hydrogens (tertiary/aromatic N) is 4. The lowest BCUT2D eigenvalue weighted by atomic mass is 10.1. The summed E-state index contributed by atoms with van der Waals surface area (Å²) in [5.74, 6) is 2.39. The number of rotatable bonds is 9. The lowest BCUT2D eigenvalue weighted by molar-refractivity contribution is 0.0675. The van der Waals surface area contributed by atoms with Gasteiger partial charge in [-0.25, -0.2) is 9.97 Å². The Morgan fingerprint density at radius 3 is 2.55 bits per heavy atom. The van der Waals surface area contributed by atoms with Gasteiger partial charge in [0.2, 0.25) is 5.95 Å². The zero-order valence-corrected chi connectivity index (χ0v) is 18.5. The van der Waals surface area contributed by atoms with Crippen LogP contribution in [0.4, 0.5) is 5.95 Å². The summed E-state index contributed by atoms with van der Waals surface area (Å²) in [6.45, 7) is 6.33. The average molecular weight is 429 g/mol. The van der Waals surface area contributed by atoms with E-state index in [1.807, 2.05) is 24.5 Å². The van der Waals surface area contributed by atoms with Crippen LogP contribution in [0.1, 0.15) is 24.0 Å². The molecule has 3 heterocycles. The lowest BCUT2D eigenvalue weighted by Crippen LogP contribution is -2.37. The third-order valence-electron chi connectivity index (χ3n) is 5.77. The number of hydrogen-bond donors (Lipinski definition) is 0. The Balaban J connectivity index is 1.47. The number of methoxy groups -OCH3 is 2. The molecule has 0 radical (unpaired) electrons. The summed E-state index contributed by atoms with van der Waals surface area (Å²) < 4.78 is 22.3. The number of anilines is 1. The van der Waals surface area contributed by atoms with Gasteiger partial charge in [-0.15, -0.1) is 0 Å². The molecule has 2 aliphatic heterocycles. The molecular formula is C23H32N4O4. The highest BCUT2D eigenvalue weighted by molar-refractivity contribution is 5.40. The molecule has 4 rings (SSSR count). The Kier molecular flexibility index (Phi) is 7.56. The molecule has 0 N–H and O–H groups in total. The Hall–Kier alpha value is -2.42. The molecule has 0 spiro atoms. The van der Waals surface area contributed by atoms with Crippen molar-refractivity contribution in [3.63, 3.8) is 0 Å². The van der Waals surface area contributed by atoms with E-state index < -0.39 is 0 Å². The van der Waals surface area contributed by atoms with Gasteiger partial charge in [-0.1, -0.05) is 6.07 Å². The van der Waals surface area contributed by atoms with Gasteiger partial charge in [-0.3, -0.25) is 4.90 Å². The molecule has 0 amide bonds. The van der Waals surface area contributed by atoms with Gasteiger partial charge in [-0.05, 0) is 18.9 Å². The van der Waals surface area contributed by atoms with Crippen molar-refractivity contribution in [2.24, 2.45) is 0 Å². The summed E-state index contributed by atoms with van der Waals surface area (Å²) in [6.07, 6.45) is 6.36. The van der Waals surface area contributed by atoms with Gasteiger partial charge in [0, 0.05) is 68.9 Å². The van der Waals surface area contributed by atoms with E-state index >= 15 is 0 Å². The van der Waals surface area contributed by atoms with Crippen molar-refractivity contribution in [2.75, 3.05) is 58.6 Å². The van der Waals surface area contributed by atoms with Crippen molar-refractivity contribution in [3.8, 4) is 11.5 Å². The molecule has 0 saturated carbocycles. The van der Waals surface area contributed by atoms with Gasteiger partial charge in [0.1, 0.15) is 11.5 Å². The molecule has 2 saturated heterocycles. The average Bonchev–Trinajstić information content (AvgIpc) is 3.33. The maximum Gasteiger partial charge on any atom is 0.225 e. The summed E-state index contributed by atoms with van der Waals surface area (Å²) in [5.41, 5.74) is 2.20. The second-order valence-electron chi connectivity index (χ2n) is 7.97. The van der Waals surface area contributed by atoms with E-state index in [4.69, 9.17) is 18.9 Å². The van der Waals surface area contributed by atoms with Crippen LogP contribution in [0.2, 0.25) is 0 Å². The highest BCUT2D eigenvalue weighted by atomic mass is 16.5. The normalized spacial score (nSPS) is 19.1. The van der Waals surface area contributed by atoms with Crippen LogP contribution in [-0.2, 0) is 22.6 Å². The number of hydrogen-bond acceptors (Lipinski definition) is 8. The van der Waals surface area contributed by atoms with Crippen molar-refractivity contribution in [1.82, 2.24) is 14.9 Å². The minimum Gasteiger partial charge on any atom is -0.497 e. The van der Waals surface area contributed by atoms with Crippen LogP contribution >= 0.6 is 0 Å². The third kappa shape index (κ3) is 5.84. The Labute approximate surface area is 184 Å². The van der Waals surface area contributed by atoms with Crippen molar-refractivity contribution < 1.29 is 18.9 Å². The standard InChI is InChI=1S/C23H32N4O4/c1-28-20-6-5-19(22(12-20)29-2)16-26(17-21-4-3-9-31-21)15-18-13-24-23(25-14-18)27-7-10-30-11-8-27/h5-6,12-14,21H,3-4,7-11,15-17H2,1-2H3. The first-order chi connectivity index (χ1) is 15.2. The first kappa shape index (κ1) is 21.8. The van der Waals surface area contributed by atoms with Gasteiger partial charge < -0.3 is 23.8 Å². The quantitative estimate of drug-likeness (QED) is 0.604. The summed E-state index contributed by atoms with van der Waals surface area (Å²) >= 11 is 0. The maximum atomic E-state index is 5.91. The Morgan fingerprint density at radius 1 is 1.06 bits per heavy atom. The summed E-state index contributed by atoms with van der Waals surface area (Å²) in [4.78, 5) is 13.8.